The van der Waals surface area contributed by atoms with Gasteiger partial charge in [-0.2, -0.15) is 0 Å². The minimum Gasteiger partial charge on any atom is -0.493 e. The molecule has 0 bridgehead atoms. The third-order valence-corrected chi connectivity index (χ3v) is 7.28. The number of anilines is 2. The first-order valence-corrected chi connectivity index (χ1v) is 13.5. The van der Waals surface area contributed by atoms with Gasteiger partial charge in [-0.15, -0.1) is 0 Å². The van der Waals surface area contributed by atoms with Gasteiger partial charge in [0, 0.05) is 42.7 Å². The molecule has 38 heavy (non-hydrogen) atoms. The smallest absolute Gasteiger partial charge is 0.225 e. The zero-order valence-electron chi connectivity index (χ0n) is 22.2. The van der Waals surface area contributed by atoms with Crippen molar-refractivity contribution < 1.29 is 18.7 Å². The van der Waals surface area contributed by atoms with Crippen LogP contribution in [0.5, 0.6) is 11.5 Å². The number of piperidine rings is 1. The van der Waals surface area contributed by atoms with Crippen LogP contribution in [0.2, 0.25) is 5.02 Å². The van der Waals surface area contributed by atoms with Crippen LogP contribution < -0.4 is 14.8 Å². The number of rotatable bonds is 11. The van der Waals surface area contributed by atoms with Crippen molar-refractivity contribution in [3.8, 4) is 11.5 Å². The van der Waals surface area contributed by atoms with E-state index in [1.54, 1.807) is 13.2 Å². The molecular formula is C28H35ClFN5O3. The maximum Gasteiger partial charge on any atom is 0.225 e. The Morgan fingerprint density at radius 2 is 1.92 bits per heavy atom. The second-order valence-electron chi connectivity index (χ2n) is 9.32. The summed E-state index contributed by atoms with van der Waals surface area (Å²) in [5.41, 5.74) is 1.29. The second kappa shape index (κ2) is 13.1. The van der Waals surface area contributed by atoms with Gasteiger partial charge in [0.05, 0.1) is 24.3 Å². The molecule has 0 saturated carbocycles. The van der Waals surface area contributed by atoms with Crippen molar-refractivity contribution in [2.75, 3.05) is 51.8 Å². The van der Waals surface area contributed by atoms with Crippen molar-refractivity contribution in [3.05, 3.63) is 47.5 Å². The van der Waals surface area contributed by atoms with E-state index in [-0.39, 0.29) is 10.9 Å². The van der Waals surface area contributed by atoms with Crippen molar-refractivity contribution in [2.24, 2.45) is 5.92 Å². The van der Waals surface area contributed by atoms with Crippen LogP contribution >= 0.6 is 11.6 Å². The number of halogens is 2. The van der Waals surface area contributed by atoms with Gasteiger partial charge < -0.3 is 24.6 Å². The average Bonchev–Trinajstić information content (AvgIpc) is 2.94. The van der Waals surface area contributed by atoms with Gasteiger partial charge in [0.15, 0.2) is 11.5 Å². The molecule has 8 nitrogen and oxygen atoms in total. The van der Waals surface area contributed by atoms with Gasteiger partial charge in [0.2, 0.25) is 5.91 Å². The summed E-state index contributed by atoms with van der Waals surface area (Å²) < 4.78 is 25.2. The maximum absolute atomic E-state index is 13.6. The lowest BCUT2D eigenvalue weighted by Crippen LogP contribution is -2.42. The summed E-state index contributed by atoms with van der Waals surface area (Å²) in [7, 11) is 1.60. The Morgan fingerprint density at radius 3 is 2.61 bits per heavy atom. The van der Waals surface area contributed by atoms with Gasteiger partial charge in [-0.25, -0.2) is 14.4 Å². The summed E-state index contributed by atoms with van der Waals surface area (Å²) in [4.78, 5) is 25.7. The molecular weight excluding hydrogens is 509 g/mol. The van der Waals surface area contributed by atoms with E-state index in [1.807, 2.05) is 30.9 Å². The van der Waals surface area contributed by atoms with E-state index in [0.717, 1.165) is 57.4 Å². The van der Waals surface area contributed by atoms with E-state index < -0.39 is 5.82 Å². The lowest BCUT2D eigenvalue weighted by atomic mass is 9.95. The van der Waals surface area contributed by atoms with E-state index in [4.69, 9.17) is 21.1 Å². The Morgan fingerprint density at radius 1 is 1.16 bits per heavy atom. The highest BCUT2D eigenvalue weighted by atomic mass is 35.5. The Hall–Kier alpha value is -3.17. The van der Waals surface area contributed by atoms with E-state index in [1.165, 1.54) is 18.5 Å². The molecule has 1 aliphatic rings. The molecule has 0 unspecified atom stereocenters. The Balaban J connectivity index is 1.35. The number of hydrogen-bond donors (Lipinski definition) is 1. The molecule has 3 aromatic rings. The van der Waals surface area contributed by atoms with E-state index in [9.17, 15) is 9.18 Å². The topological polar surface area (TPSA) is 79.8 Å². The molecule has 4 rings (SSSR count). The van der Waals surface area contributed by atoms with Crippen LogP contribution in [-0.2, 0) is 4.79 Å². The van der Waals surface area contributed by atoms with E-state index in [2.05, 4.69) is 20.2 Å². The van der Waals surface area contributed by atoms with Gasteiger partial charge in [0.1, 0.15) is 18.0 Å². The standard InChI is InChI=1S/C28H35ClFN5O3/c1-4-35(5-2)28(36)19-9-12-34(13-10-19)11-6-14-38-26-16-21-24(17-25(26)37-3)31-18-32-27(21)33-20-7-8-23(30)22(29)15-20/h7-8,15-19H,4-6,9-14H2,1-3H3,(H,31,32,33). The normalized spacial score (nSPS) is 14.4. The van der Waals surface area contributed by atoms with Crippen molar-refractivity contribution in [2.45, 2.75) is 33.1 Å². The molecule has 0 radical (unpaired) electrons. The quantitative estimate of drug-likeness (QED) is 0.319. The first-order valence-electron chi connectivity index (χ1n) is 13.1. The number of hydrogen-bond acceptors (Lipinski definition) is 7. The number of nitrogens with zero attached hydrogens (tertiary/aromatic N) is 4. The molecule has 1 aliphatic heterocycles. The van der Waals surface area contributed by atoms with Crippen molar-refractivity contribution in [1.82, 2.24) is 19.8 Å². The number of carbonyl (C=O) groups is 1. The van der Waals surface area contributed by atoms with Crippen LogP contribution in [0.4, 0.5) is 15.9 Å². The second-order valence-corrected chi connectivity index (χ2v) is 9.73. The predicted octanol–water partition coefficient (Wildman–Crippen LogP) is 5.52. The third-order valence-electron chi connectivity index (χ3n) is 6.99. The number of ether oxygens (including phenoxy) is 2. The van der Waals surface area contributed by atoms with Crippen LogP contribution in [0.15, 0.2) is 36.7 Å². The summed E-state index contributed by atoms with van der Waals surface area (Å²) >= 11 is 5.93. The number of methoxy groups -OCH3 is 1. The highest BCUT2D eigenvalue weighted by Crippen LogP contribution is 2.35. The number of aromatic nitrogens is 2. The lowest BCUT2D eigenvalue weighted by Gasteiger charge is -2.33. The number of carbonyl (C=O) groups excluding carboxylic acids is 1. The SMILES string of the molecule is CCN(CC)C(=O)C1CCN(CCCOc2cc3c(Nc4ccc(F)c(Cl)c4)ncnc3cc2OC)CC1. The van der Waals surface area contributed by atoms with Crippen LogP contribution in [0.1, 0.15) is 33.1 Å². The first-order chi connectivity index (χ1) is 18.4. The average molecular weight is 544 g/mol. The summed E-state index contributed by atoms with van der Waals surface area (Å²) in [5, 5.41) is 3.95. The number of fused-ring (bicyclic) bond motifs is 1. The molecule has 1 aromatic heterocycles. The Bertz CT molecular complexity index is 1250. The highest BCUT2D eigenvalue weighted by Gasteiger charge is 2.27. The van der Waals surface area contributed by atoms with Crippen molar-refractivity contribution in [1.29, 1.82) is 0 Å². The number of benzene rings is 2. The zero-order valence-corrected chi connectivity index (χ0v) is 22.9. The van der Waals surface area contributed by atoms with Crippen molar-refractivity contribution >= 4 is 39.9 Å². The highest BCUT2D eigenvalue weighted by molar-refractivity contribution is 6.31. The van der Waals surface area contributed by atoms with Gasteiger partial charge in [0.25, 0.3) is 0 Å². The first kappa shape index (κ1) is 27.9. The Kier molecular flexibility index (Phi) is 9.58. The summed E-state index contributed by atoms with van der Waals surface area (Å²) in [6.45, 7) is 8.89. The molecule has 10 heteroatoms. The fourth-order valence-electron chi connectivity index (χ4n) is 4.81. The molecule has 1 fully saturated rings. The van der Waals surface area contributed by atoms with Crippen LogP contribution in [0.3, 0.4) is 0 Å². The van der Waals surface area contributed by atoms with Crippen molar-refractivity contribution in [3.63, 3.8) is 0 Å². The van der Waals surface area contributed by atoms with Gasteiger partial charge in [-0.1, -0.05) is 11.6 Å². The van der Waals surface area contributed by atoms with Gasteiger partial charge in [-0.3, -0.25) is 4.79 Å². The molecule has 0 atom stereocenters. The summed E-state index contributed by atoms with van der Waals surface area (Å²) in [5.74, 6) is 1.68. The molecule has 0 spiro atoms. The fourth-order valence-corrected chi connectivity index (χ4v) is 4.99. The number of likely N-dealkylation sites (tertiary alicyclic amines) is 1. The maximum atomic E-state index is 13.6. The zero-order chi connectivity index (χ0) is 27.1. The molecule has 1 amide bonds. The molecule has 2 aromatic carbocycles. The van der Waals surface area contributed by atoms with Crippen LogP contribution in [0, 0.1) is 11.7 Å². The number of nitrogens with one attached hydrogen (secondary N) is 1. The Labute approximate surface area is 228 Å². The van der Waals surface area contributed by atoms with Crippen LogP contribution in [0.25, 0.3) is 10.9 Å². The number of amides is 1. The van der Waals surface area contributed by atoms with Crippen LogP contribution in [-0.4, -0.2) is 72.1 Å². The monoisotopic (exact) mass is 543 g/mol. The molecule has 204 valence electrons. The molecule has 2 heterocycles. The van der Waals surface area contributed by atoms with E-state index in [0.29, 0.717) is 41.0 Å². The minimum atomic E-state index is -0.484. The van der Waals surface area contributed by atoms with Gasteiger partial charge in [-0.05, 0) is 70.5 Å². The largest absolute Gasteiger partial charge is 0.493 e. The third kappa shape index (κ3) is 6.63. The lowest BCUT2D eigenvalue weighted by molar-refractivity contribution is -0.136. The van der Waals surface area contributed by atoms with Gasteiger partial charge >= 0.3 is 0 Å². The molecule has 1 saturated heterocycles. The minimum absolute atomic E-state index is 0.0266. The summed E-state index contributed by atoms with van der Waals surface area (Å²) in [6.07, 6.45) is 4.11. The molecule has 0 aliphatic carbocycles. The summed E-state index contributed by atoms with van der Waals surface area (Å²) in [6, 6.07) is 8.07. The predicted molar refractivity (Wildman–Crippen MR) is 148 cm³/mol. The fraction of sp³-hybridized carbons (Fsp3) is 0.464. The molecule has 1 N–H and O–H groups in total. The van der Waals surface area contributed by atoms with E-state index >= 15 is 0 Å².